The largest absolute Gasteiger partial charge is 0.480 e. The van der Waals surface area contributed by atoms with Crippen molar-refractivity contribution in [3.05, 3.63) is 0 Å². The summed E-state index contributed by atoms with van der Waals surface area (Å²) < 4.78 is 4.82. The van der Waals surface area contributed by atoms with Crippen molar-refractivity contribution in [2.24, 2.45) is 0 Å². The predicted molar refractivity (Wildman–Crippen MR) is 65.8 cm³/mol. The number of rotatable bonds is 10. The van der Waals surface area contributed by atoms with E-state index >= 15 is 0 Å². The van der Waals surface area contributed by atoms with Crippen LogP contribution in [0.15, 0.2) is 0 Å². The van der Waals surface area contributed by atoms with Crippen molar-refractivity contribution in [3.8, 4) is 0 Å². The van der Waals surface area contributed by atoms with Crippen LogP contribution in [0.1, 0.15) is 13.3 Å². The summed E-state index contributed by atoms with van der Waals surface area (Å²) >= 11 is 0. The standard InChI is InChI=1S/C11H20N2O6/c1-8(11(18)12-4-3-5-19-2)13(6-9(14)15)7-10(16)17/h8H,3-7H2,1-2H3,(H,12,18)(H,14,15)(H,16,17). The van der Waals surface area contributed by atoms with E-state index in [0.29, 0.717) is 19.6 Å². The van der Waals surface area contributed by atoms with Gasteiger partial charge in [-0.1, -0.05) is 0 Å². The smallest absolute Gasteiger partial charge is 0.317 e. The summed E-state index contributed by atoms with van der Waals surface area (Å²) in [5.74, 6) is -2.76. The molecular formula is C11H20N2O6. The summed E-state index contributed by atoms with van der Waals surface area (Å²) in [4.78, 5) is 34.1. The lowest BCUT2D eigenvalue weighted by Crippen LogP contribution is -2.49. The minimum absolute atomic E-state index is 0.394. The van der Waals surface area contributed by atoms with E-state index in [4.69, 9.17) is 14.9 Å². The molecule has 0 aliphatic rings. The van der Waals surface area contributed by atoms with Crippen LogP contribution >= 0.6 is 0 Å². The number of nitrogens with zero attached hydrogens (tertiary/aromatic N) is 1. The van der Waals surface area contributed by atoms with Crippen LogP contribution in [0.25, 0.3) is 0 Å². The van der Waals surface area contributed by atoms with Crippen molar-refractivity contribution in [2.45, 2.75) is 19.4 Å². The molecular weight excluding hydrogens is 256 g/mol. The normalized spacial score (nSPS) is 12.2. The number of carbonyl (C=O) groups is 3. The van der Waals surface area contributed by atoms with E-state index in [1.165, 1.54) is 6.92 Å². The molecule has 0 spiro atoms. The molecule has 8 nitrogen and oxygen atoms in total. The van der Waals surface area contributed by atoms with Gasteiger partial charge in [-0.25, -0.2) is 0 Å². The SMILES string of the molecule is COCCCNC(=O)C(C)N(CC(=O)O)CC(=O)O. The summed E-state index contributed by atoms with van der Waals surface area (Å²) in [5, 5.41) is 20.0. The Labute approximate surface area is 111 Å². The number of amides is 1. The van der Waals surface area contributed by atoms with Crippen molar-refractivity contribution < 1.29 is 29.3 Å². The Bertz CT molecular complexity index is 304. The average Bonchev–Trinajstić information content (AvgIpc) is 2.31. The molecule has 0 aliphatic carbocycles. The maximum Gasteiger partial charge on any atom is 0.317 e. The fourth-order valence-corrected chi connectivity index (χ4v) is 1.42. The number of nitrogens with one attached hydrogen (secondary N) is 1. The van der Waals surface area contributed by atoms with Crippen molar-refractivity contribution in [1.29, 1.82) is 0 Å². The third-order valence-electron chi connectivity index (χ3n) is 2.43. The molecule has 0 aromatic rings. The summed E-state index contributed by atoms with van der Waals surface area (Å²) in [7, 11) is 1.55. The molecule has 0 fully saturated rings. The molecule has 1 atom stereocenters. The quantitative estimate of drug-likeness (QED) is 0.438. The maximum absolute atomic E-state index is 11.7. The molecule has 19 heavy (non-hydrogen) atoms. The zero-order valence-electron chi connectivity index (χ0n) is 11.1. The van der Waals surface area contributed by atoms with Crippen LogP contribution < -0.4 is 5.32 Å². The first kappa shape index (κ1) is 17.3. The van der Waals surface area contributed by atoms with Gasteiger partial charge in [-0.15, -0.1) is 0 Å². The second-order valence-corrected chi connectivity index (χ2v) is 4.01. The average molecular weight is 276 g/mol. The fraction of sp³-hybridized carbons (Fsp3) is 0.727. The Morgan fingerprint density at radius 2 is 1.74 bits per heavy atom. The minimum Gasteiger partial charge on any atom is -0.480 e. The van der Waals surface area contributed by atoms with E-state index in [2.05, 4.69) is 5.32 Å². The second kappa shape index (κ2) is 9.29. The molecule has 1 amide bonds. The van der Waals surface area contributed by atoms with Crippen LogP contribution in [0.5, 0.6) is 0 Å². The second-order valence-electron chi connectivity index (χ2n) is 4.01. The molecule has 0 saturated heterocycles. The first-order valence-electron chi connectivity index (χ1n) is 5.82. The zero-order valence-corrected chi connectivity index (χ0v) is 11.1. The van der Waals surface area contributed by atoms with Gasteiger partial charge >= 0.3 is 11.9 Å². The van der Waals surface area contributed by atoms with Crippen LogP contribution in [-0.4, -0.2) is 72.4 Å². The molecule has 0 bridgehead atoms. The first-order chi connectivity index (χ1) is 8.88. The molecule has 0 heterocycles. The Morgan fingerprint density at radius 1 is 1.21 bits per heavy atom. The monoisotopic (exact) mass is 276 g/mol. The predicted octanol–water partition coefficient (Wildman–Crippen LogP) is -1.00. The Balaban J connectivity index is 4.34. The van der Waals surface area contributed by atoms with Crippen LogP contribution in [0.3, 0.4) is 0 Å². The van der Waals surface area contributed by atoms with Gasteiger partial charge in [0.25, 0.3) is 0 Å². The van der Waals surface area contributed by atoms with Crippen molar-refractivity contribution in [3.63, 3.8) is 0 Å². The van der Waals surface area contributed by atoms with Crippen LogP contribution in [0.4, 0.5) is 0 Å². The third kappa shape index (κ3) is 8.11. The zero-order chi connectivity index (χ0) is 14.8. The van der Waals surface area contributed by atoms with E-state index in [1.807, 2.05) is 0 Å². The number of hydrogen-bond acceptors (Lipinski definition) is 5. The fourth-order valence-electron chi connectivity index (χ4n) is 1.42. The lowest BCUT2D eigenvalue weighted by atomic mass is 10.2. The molecule has 0 radical (unpaired) electrons. The number of ether oxygens (including phenoxy) is 1. The van der Waals surface area contributed by atoms with E-state index in [9.17, 15) is 14.4 Å². The number of carbonyl (C=O) groups excluding carboxylic acids is 1. The van der Waals surface area contributed by atoms with Gasteiger partial charge in [0.2, 0.25) is 5.91 Å². The lowest BCUT2D eigenvalue weighted by molar-refractivity contribution is -0.143. The third-order valence-corrected chi connectivity index (χ3v) is 2.43. The first-order valence-corrected chi connectivity index (χ1v) is 5.82. The van der Waals surface area contributed by atoms with Crippen LogP contribution in [-0.2, 0) is 19.1 Å². The van der Waals surface area contributed by atoms with Crippen LogP contribution in [0.2, 0.25) is 0 Å². The van der Waals surface area contributed by atoms with Crippen molar-refractivity contribution >= 4 is 17.8 Å². The Morgan fingerprint density at radius 3 is 2.16 bits per heavy atom. The van der Waals surface area contributed by atoms with Gasteiger partial charge in [-0.05, 0) is 13.3 Å². The van der Waals surface area contributed by atoms with Gasteiger partial charge in [-0.3, -0.25) is 19.3 Å². The molecule has 0 aliphatic heterocycles. The molecule has 0 aromatic heterocycles. The van der Waals surface area contributed by atoms with Gasteiger partial charge < -0.3 is 20.3 Å². The number of methoxy groups -OCH3 is 1. The minimum atomic E-state index is -1.18. The van der Waals surface area contributed by atoms with Crippen molar-refractivity contribution in [1.82, 2.24) is 10.2 Å². The Kier molecular flexibility index (Phi) is 8.47. The lowest BCUT2D eigenvalue weighted by Gasteiger charge is -2.24. The van der Waals surface area contributed by atoms with E-state index in [-0.39, 0.29) is 0 Å². The van der Waals surface area contributed by atoms with Gasteiger partial charge in [0.05, 0.1) is 19.1 Å². The molecule has 1 unspecified atom stereocenters. The summed E-state index contributed by atoms with van der Waals surface area (Å²) in [5.41, 5.74) is 0. The van der Waals surface area contributed by atoms with Crippen LogP contribution in [0, 0.1) is 0 Å². The molecule has 0 saturated carbocycles. The number of hydrogen-bond donors (Lipinski definition) is 3. The van der Waals surface area contributed by atoms with Gasteiger partial charge in [0, 0.05) is 20.3 Å². The Hall–Kier alpha value is -1.67. The maximum atomic E-state index is 11.7. The summed E-state index contributed by atoms with van der Waals surface area (Å²) in [6, 6.07) is -0.824. The number of carboxylic acid groups (broad SMARTS) is 2. The van der Waals surface area contributed by atoms with E-state index in [1.54, 1.807) is 7.11 Å². The highest BCUT2D eigenvalue weighted by Crippen LogP contribution is 1.99. The highest BCUT2D eigenvalue weighted by Gasteiger charge is 2.24. The molecule has 0 rings (SSSR count). The van der Waals surface area contributed by atoms with Gasteiger partial charge in [-0.2, -0.15) is 0 Å². The van der Waals surface area contributed by atoms with Gasteiger partial charge in [0.1, 0.15) is 0 Å². The summed E-state index contributed by atoms with van der Waals surface area (Å²) in [6.07, 6.45) is 0.632. The van der Waals surface area contributed by atoms with Crippen molar-refractivity contribution in [2.75, 3.05) is 33.4 Å². The summed E-state index contributed by atoms with van der Waals surface area (Å²) in [6.45, 7) is 1.36. The highest BCUT2D eigenvalue weighted by molar-refractivity contribution is 5.83. The van der Waals surface area contributed by atoms with E-state index in [0.717, 1.165) is 4.90 Å². The van der Waals surface area contributed by atoms with E-state index < -0.39 is 37.0 Å². The molecule has 110 valence electrons. The number of carboxylic acids is 2. The molecule has 0 aromatic carbocycles. The van der Waals surface area contributed by atoms with Gasteiger partial charge in [0.15, 0.2) is 0 Å². The topological polar surface area (TPSA) is 116 Å². The molecule has 8 heteroatoms. The molecule has 3 N–H and O–H groups in total. The highest BCUT2D eigenvalue weighted by atomic mass is 16.5. The number of aliphatic carboxylic acids is 2.